The van der Waals surface area contributed by atoms with Crippen LogP contribution in [0.2, 0.25) is 0 Å². The van der Waals surface area contributed by atoms with Crippen LogP contribution in [0, 0.1) is 6.92 Å². The molecule has 0 bridgehead atoms. The quantitative estimate of drug-likeness (QED) is 0.331. The predicted octanol–water partition coefficient (Wildman–Crippen LogP) is 5.67. The smallest absolute Gasteiger partial charge is 0.369 e. The van der Waals surface area contributed by atoms with E-state index in [9.17, 15) is 18.0 Å². The first-order valence-corrected chi connectivity index (χ1v) is 12.7. The lowest BCUT2D eigenvalue weighted by molar-refractivity contribution is -0.137. The molecule has 4 aliphatic rings. The summed E-state index contributed by atoms with van der Waals surface area (Å²) in [6.45, 7) is 2.77. The minimum Gasteiger partial charge on any atom is -0.369 e. The van der Waals surface area contributed by atoms with Crippen molar-refractivity contribution in [2.45, 2.75) is 44.3 Å². The zero-order chi connectivity index (χ0) is 27.4. The van der Waals surface area contributed by atoms with E-state index in [4.69, 9.17) is 4.98 Å². The van der Waals surface area contributed by atoms with Gasteiger partial charge in [0, 0.05) is 42.8 Å². The maximum atomic E-state index is 13.1. The SMILES string of the molecule is CN=c1ncc2cc(-c3cc(NC(=O)c4cc(C(F)(F)F)ccn4)ccc3C)c3n(c-2n1)C1(CCCC1)CN3.Cl. The number of rotatable bonds is 3. The summed E-state index contributed by atoms with van der Waals surface area (Å²) >= 11 is 0. The summed E-state index contributed by atoms with van der Waals surface area (Å²) in [5.74, 6) is 1.05. The van der Waals surface area contributed by atoms with Crippen LogP contribution in [0.3, 0.4) is 0 Å². The lowest BCUT2D eigenvalue weighted by Crippen LogP contribution is -2.33. The first-order valence-electron chi connectivity index (χ1n) is 12.7. The maximum absolute atomic E-state index is 13.1. The van der Waals surface area contributed by atoms with Gasteiger partial charge in [0.15, 0.2) is 0 Å². The van der Waals surface area contributed by atoms with Gasteiger partial charge in [-0.2, -0.15) is 18.2 Å². The molecule has 6 rings (SSSR count). The van der Waals surface area contributed by atoms with Crippen molar-refractivity contribution in [2.75, 3.05) is 24.2 Å². The molecule has 1 spiro atoms. The molecule has 2 N–H and O–H groups in total. The summed E-state index contributed by atoms with van der Waals surface area (Å²) in [4.78, 5) is 30.0. The van der Waals surface area contributed by atoms with Gasteiger partial charge in [0.2, 0.25) is 5.62 Å². The number of aryl methyl sites for hydroxylation is 1. The highest BCUT2D eigenvalue weighted by Crippen LogP contribution is 2.49. The third-order valence-electron chi connectivity index (χ3n) is 7.67. The van der Waals surface area contributed by atoms with E-state index in [2.05, 4.69) is 30.2 Å². The number of carbonyl (C=O) groups is 1. The van der Waals surface area contributed by atoms with Crippen molar-refractivity contribution in [1.29, 1.82) is 0 Å². The van der Waals surface area contributed by atoms with Crippen LogP contribution in [0.25, 0.3) is 22.5 Å². The molecule has 4 heterocycles. The number of hydrogen-bond acceptors (Lipinski definition) is 6. The van der Waals surface area contributed by atoms with Gasteiger partial charge in [-0.05, 0) is 61.2 Å². The molecule has 1 amide bonds. The minimum atomic E-state index is -4.57. The van der Waals surface area contributed by atoms with E-state index in [1.54, 1.807) is 19.3 Å². The van der Waals surface area contributed by atoms with Crippen molar-refractivity contribution in [2.24, 2.45) is 4.99 Å². The molecule has 1 fully saturated rings. The highest BCUT2D eigenvalue weighted by Gasteiger charge is 2.44. The van der Waals surface area contributed by atoms with Crippen LogP contribution in [0.5, 0.6) is 0 Å². The summed E-state index contributed by atoms with van der Waals surface area (Å²) in [6, 6.07) is 9.05. The normalized spacial score (nSPS) is 16.1. The van der Waals surface area contributed by atoms with Crippen LogP contribution in [0.1, 0.15) is 47.3 Å². The molecule has 1 aliphatic carbocycles. The Bertz CT molecular complexity index is 1640. The van der Waals surface area contributed by atoms with Gasteiger partial charge in [0.05, 0.1) is 11.1 Å². The molecule has 8 nitrogen and oxygen atoms in total. The number of carbonyl (C=O) groups excluding carboxylic acids is 1. The molecule has 208 valence electrons. The number of aromatic nitrogens is 4. The Balaban J connectivity index is 0.00000323. The van der Waals surface area contributed by atoms with E-state index in [1.807, 2.05) is 25.1 Å². The van der Waals surface area contributed by atoms with Gasteiger partial charge in [-0.3, -0.25) is 14.8 Å². The average molecular weight is 570 g/mol. The van der Waals surface area contributed by atoms with Gasteiger partial charge >= 0.3 is 6.18 Å². The molecule has 1 saturated carbocycles. The van der Waals surface area contributed by atoms with Gasteiger partial charge in [-0.15, -0.1) is 12.4 Å². The molecular weight excluding hydrogens is 543 g/mol. The number of benzene rings is 1. The molecule has 0 unspecified atom stereocenters. The van der Waals surface area contributed by atoms with Crippen LogP contribution in [-0.2, 0) is 11.7 Å². The maximum Gasteiger partial charge on any atom is 0.416 e. The fourth-order valence-electron chi connectivity index (χ4n) is 5.73. The minimum absolute atomic E-state index is 0. The number of pyridine rings is 2. The van der Waals surface area contributed by atoms with Crippen molar-refractivity contribution in [3.05, 3.63) is 71.2 Å². The Hall–Kier alpha value is -3.99. The summed E-state index contributed by atoms with van der Waals surface area (Å²) in [7, 11) is 1.67. The Morgan fingerprint density at radius 3 is 2.60 bits per heavy atom. The number of fused-ring (bicyclic) bond motifs is 4. The van der Waals surface area contributed by atoms with Crippen molar-refractivity contribution in [1.82, 2.24) is 19.5 Å². The monoisotopic (exact) mass is 569 g/mol. The molecule has 0 saturated heterocycles. The second kappa shape index (κ2) is 10.2. The highest BCUT2D eigenvalue weighted by atomic mass is 35.5. The number of nitrogens with zero attached hydrogens (tertiary/aromatic N) is 5. The number of hydrogen-bond donors (Lipinski definition) is 2. The zero-order valence-corrected chi connectivity index (χ0v) is 22.7. The van der Waals surface area contributed by atoms with Crippen molar-refractivity contribution < 1.29 is 18.0 Å². The van der Waals surface area contributed by atoms with E-state index in [0.29, 0.717) is 11.3 Å². The number of anilines is 2. The van der Waals surface area contributed by atoms with Gasteiger partial charge in [0.25, 0.3) is 5.91 Å². The average Bonchev–Trinajstić information content (AvgIpc) is 3.56. The van der Waals surface area contributed by atoms with Gasteiger partial charge in [-0.1, -0.05) is 18.9 Å². The van der Waals surface area contributed by atoms with Crippen molar-refractivity contribution in [3.8, 4) is 22.5 Å². The molecule has 2 aromatic rings. The number of amides is 1. The fourth-order valence-corrected chi connectivity index (χ4v) is 5.73. The van der Waals surface area contributed by atoms with Crippen molar-refractivity contribution in [3.63, 3.8) is 0 Å². The van der Waals surface area contributed by atoms with Crippen LogP contribution in [-0.4, -0.2) is 39.0 Å². The Labute approximate surface area is 234 Å². The molecule has 3 aliphatic heterocycles. The summed E-state index contributed by atoms with van der Waals surface area (Å²) in [6.07, 6.45) is 2.55. The third kappa shape index (κ3) is 4.68. The van der Waals surface area contributed by atoms with Gasteiger partial charge in [0.1, 0.15) is 17.3 Å². The lowest BCUT2D eigenvalue weighted by atomic mass is 9.95. The highest BCUT2D eigenvalue weighted by molar-refractivity contribution is 6.03. The molecular formula is C28H27ClF3N7O. The van der Waals surface area contributed by atoms with E-state index >= 15 is 0 Å². The molecule has 1 aromatic carbocycles. The fraction of sp³-hybridized carbons (Fsp3) is 0.321. The standard InChI is InChI=1S/C28H26F3N7O.ClH/c1-16-5-6-19(36-25(39)22-12-18(7-10-33-22)28(29,30)31)13-20(16)21-11-17-14-34-26(32-2)37-23(17)38-24(21)35-15-27(38)8-3-4-9-27;/h5-7,10-14,35H,3-4,8-9,15H2,1-2H3,(H,36,39);1H. The first-order chi connectivity index (χ1) is 18.7. The summed E-state index contributed by atoms with van der Waals surface area (Å²) < 4.78 is 41.7. The number of alkyl halides is 3. The van der Waals surface area contributed by atoms with E-state index < -0.39 is 17.6 Å². The largest absolute Gasteiger partial charge is 0.416 e. The van der Waals surface area contributed by atoms with Crippen molar-refractivity contribution >= 4 is 29.8 Å². The predicted molar refractivity (Wildman–Crippen MR) is 148 cm³/mol. The number of nitrogens with one attached hydrogen (secondary N) is 2. The second-order valence-corrected chi connectivity index (χ2v) is 10.1. The van der Waals surface area contributed by atoms with Crippen LogP contribution < -0.4 is 16.3 Å². The lowest BCUT2D eigenvalue weighted by Gasteiger charge is -2.29. The summed E-state index contributed by atoms with van der Waals surface area (Å²) in [5.41, 5.74) is 3.21. The Kier molecular flexibility index (Phi) is 7.03. The number of halogens is 4. The molecule has 12 heteroatoms. The van der Waals surface area contributed by atoms with Crippen LogP contribution >= 0.6 is 12.4 Å². The van der Waals surface area contributed by atoms with Gasteiger partial charge < -0.3 is 15.2 Å². The third-order valence-corrected chi connectivity index (χ3v) is 7.67. The summed E-state index contributed by atoms with van der Waals surface area (Å²) in [5, 5.41) is 6.34. The molecule has 1 aromatic heterocycles. The van der Waals surface area contributed by atoms with Gasteiger partial charge in [-0.25, -0.2) is 4.98 Å². The second-order valence-electron chi connectivity index (χ2n) is 10.1. The van der Waals surface area contributed by atoms with Crippen LogP contribution in [0.15, 0.2) is 53.8 Å². The molecule has 0 atom stereocenters. The molecule has 0 radical (unpaired) electrons. The zero-order valence-electron chi connectivity index (χ0n) is 21.8. The Morgan fingerprint density at radius 1 is 1.10 bits per heavy atom. The first kappa shape index (κ1) is 27.6. The Morgan fingerprint density at radius 2 is 1.88 bits per heavy atom. The van der Waals surface area contributed by atoms with Crippen LogP contribution in [0.4, 0.5) is 24.7 Å². The van der Waals surface area contributed by atoms with E-state index in [0.717, 1.165) is 84.5 Å². The molecule has 40 heavy (non-hydrogen) atoms. The van der Waals surface area contributed by atoms with E-state index in [-0.39, 0.29) is 23.6 Å². The van der Waals surface area contributed by atoms with E-state index in [1.165, 1.54) is 0 Å². The topological polar surface area (TPSA) is 97.1 Å².